The Hall–Kier alpha value is -2.87. The first-order chi connectivity index (χ1) is 14.0. The maximum atomic E-state index is 13.2. The summed E-state index contributed by atoms with van der Waals surface area (Å²) in [7, 11) is 1.51. The molecular weight excluding hydrogens is 393 g/mol. The van der Waals surface area contributed by atoms with E-state index in [0.29, 0.717) is 5.56 Å². The highest BCUT2D eigenvalue weighted by Crippen LogP contribution is 2.47. The molecule has 1 aliphatic carbocycles. The lowest BCUT2D eigenvalue weighted by Crippen LogP contribution is -2.52. The number of hydrogen-bond donors (Lipinski definition) is 2. The minimum absolute atomic E-state index is 0.0601. The second-order valence-corrected chi connectivity index (χ2v) is 8.30. The van der Waals surface area contributed by atoms with Crippen molar-refractivity contribution in [2.24, 2.45) is 16.5 Å². The van der Waals surface area contributed by atoms with Crippen LogP contribution in [0.5, 0.6) is 0 Å². The number of carbonyl (C=O) groups is 1. The molecule has 0 unspecified atom stereocenters. The molecule has 1 saturated carbocycles. The summed E-state index contributed by atoms with van der Waals surface area (Å²) in [6, 6.07) is 12.2. The average Bonchev–Trinajstić information content (AvgIpc) is 3.45. The van der Waals surface area contributed by atoms with Crippen LogP contribution in [0.25, 0.3) is 0 Å². The first-order valence-electron chi connectivity index (χ1n) is 9.66. The number of aliphatic imine (C=N–C) groups is 1. The largest absolute Gasteiger partial charge is 0.416 e. The number of alkyl halides is 3. The number of carbonyl (C=O) groups excluding carboxylic acids is 1. The number of amides is 1. The molecule has 0 spiro atoms. The van der Waals surface area contributed by atoms with Crippen molar-refractivity contribution in [3.63, 3.8) is 0 Å². The van der Waals surface area contributed by atoms with E-state index in [0.717, 1.165) is 36.1 Å². The molecule has 2 aliphatic rings. The molecule has 4 rings (SSSR count). The Morgan fingerprint density at radius 1 is 1.10 bits per heavy atom. The molecule has 2 aromatic carbocycles. The SMILES string of the molecule is CN1C(=O)[C@@H](c2ccc(C(F)(F)F)cc2)[C@@](C)(c2cccc(C3(N)CC3)c2)N=C1N. The molecule has 1 heterocycles. The van der Waals surface area contributed by atoms with Crippen molar-refractivity contribution in [2.75, 3.05) is 7.05 Å². The van der Waals surface area contributed by atoms with E-state index in [1.165, 1.54) is 24.1 Å². The third-order valence-corrected chi connectivity index (χ3v) is 6.21. The lowest BCUT2D eigenvalue weighted by Gasteiger charge is -2.41. The summed E-state index contributed by atoms with van der Waals surface area (Å²) >= 11 is 0. The van der Waals surface area contributed by atoms with Gasteiger partial charge in [-0.2, -0.15) is 13.2 Å². The third kappa shape index (κ3) is 3.25. The van der Waals surface area contributed by atoms with Crippen LogP contribution in [-0.4, -0.2) is 23.8 Å². The highest BCUT2D eigenvalue weighted by atomic mass is 19.4. The van der Waals surface area contributed by atoms with Crippen molar-refractivity contribution in [1.29, 1.82) is 0 Å². The average molecular weight is 416 g/mol. The van der Waals surface area contributed by atoms with Gasteiger partial charge in [-0.15, -0.1) is 0 Å². The van der Waals surface area contributed by atoms with Crippen LogP contribution in [0.4, 0.5) is 13.2 Å². The molecule has 4 N–H and O–H groups in total. The van der Waals surface area contributed by atoms with E-state index in [4.69, 9.17) is 11.5 Å². The highest BCUT2D eigenvalue weighted by molar-refractivity contribution is 6.02. The van der Waals surface area contributed by atoms with Crippen molar-refractivity contribution in [2.45, 2.75) is 42.9 Å². The number of likely N-dealkylation sites (N-methyl/N-ethyl adjacent to an activating group) is 1. The zero-order valence-electron chi connectivity index (χ0n) is 16.7. The number of halogens is 3. The molecule has 1 aliphatic heterocycles. The Kier molecular flexibility index (Phi) is 4.47. The minimum Gasteiger partial charge on any atom is -0.369 e. The Labute approximate surface area is 172 Å². The van der Waals surface area contributed by atoms with E-state index < -0.39 is 23.2 Å². The molecule has 1 amide bonds. The smallest absolute Gasteiger partial charge is 0.369 e. The van der Waals surface area contributed by atoms with Crippen molar-refractivity contribution in [1.82, 2.24) is 4.90 Å². The summed E-state index contributed by atoms with van der Waals surface area (Å²) in [6.45, 7) is 1.78. The first kappa shape index (κ1) is 20.4. The molecule has 158 valence electrons. The Morgan fingerprint density at radius 2 is 1.70 bits per heavy atom. The Bertz CT molecular complexity index is 1030. The number of nitrogens with zero attached hydrogens (tertiary/aromatic N) is 2. The Balaban J connectivity index is 1.84. The van der Waals surface area contributed by atoms with Gasteiger partial charge in [0.1, 0.15) is 5.54 Å². The van der Waals surface area contributed by atoms with Gasteiger partial charge in [0.05, 0.1) is 11.5 Å². The van der Waals surface area contributed by atoms with Crippen LogP contribution in [0, 0.1) is 0 Å². The van der Waals surface area contributed by atoms with Gasteiger partial charge in [-0.05, 0) is 48.6 Å². The summed E-state index contributed by atoms with van der Waals surface area (Å²) in [4.78, 5) is 19.1. The fourth-order valence-electron chi connectivity index (χ4n) is 4.05. The molecular formula is C22H23F3N4O. The van der Waals surface area contributed by atoms with Crippen LogP contribution in [0.3, 0.4) is 0 Å². The summed E-state index contributed by atoms with van der Waals surface area (Å²) in [6.07, 6.45) is -2.70. The van der Waals surface area contributed by atoms with Crippen LogP contribution < -0.4 is 11.5 Å². The standard InChI is InChI=1S/C22H23F3N4O/c1-20(15-4-3-5-16(12-15)21(27)10-11-21)17(18(30)29(2)19(26)28-20)13-6-8-14(9-7-13)22(23,24)25/h3-9,12,17H,10-11,27H2,1-2H3,(H2,26,28)/t17-,20-/m1/s1. The van der Waals surface area contributed by atoms with Crippen LogP contribution in [0.15, 0.2) is 53.5 Å². The maximum absolute atomic E-state index is 13.2. The Morgan fingerprint density at radius 3 is 2.27 bits per heavy atom. The quantitative estimate of drug-likeness (QED) is 0.804. The van der Waals surface area contributed by atoms with Gasteiger partial charge in [-0.25, -0.2) is 4.99 Å². The van der Waals surface area contributed by atoms with Crippen molar-refractivity contribution in [3.05, 3.63) is 70.8 Å². The molecule has 0 radical (unpaired) electrons. The zero-order valence-corrected chi connectivity index (χ0v) is 16.7. The molecule has 1 fully saturated rings. The topological polar surface area (TPSA) is 84.7 Å². The van der Waals surface area contributed by atoms with Crippen LogP contribution in [-0.2, 0) is 22.0 Å². The van der Waals surface area contributed by atoms with Crippen molar-refractivity contribution in [3.8, 4) is 0 Å². The summed E-state index contributed by atoms with van der Waals surface area (Å²) in [5.41, 5.74) is 12.3. The summed E-state index contributed by atoms with van der Waals surface area (Å²) in [5.74, 6) is -1.10. The molecule has 0 saturated heterocycles. The van der Waals surface area contributed by atoms with E-state index in [1.807, 2.05) is 24.3 Å². The van der Waals surface area contributed by atoms with Gasteiger partial charge < -0.3 is 11.5 Å². The first-order valence-corrected chi connectivity index (χ1v) is 9.66. The van der Waals surface area contributed by atoms with Crippen LogP contribution >= 0.6 is 0 Å². The van der Waals surface area contributed by atoms with E-state index in [9.17, 15) is 18.0 Å². The molecule has 0 aromatic heterocycles. The molecule has 30 heavy (non-hydrogen) atoms. The lowest BCUT2D eigenvalue weighted by molar-refractivity contribution is -0.137. The van der Waals surface area contributed by atoms with Gasteiger partial charge in [0.2, 0.25) is 5.91 Å². The van der Waals surface area contributed by atoms with Gasteiger partial charge in [0.25, 0.3) is 0 Å². The normalized spacial score (nSPS) is 25.8. The molecule has 2 atom stereocenters. The monoisotopic (exact) mass is 416 g/mol. The number of benzene rings is 2. The summed E-state index contributed by atoms with van der Waals surface area (Å²) in [5, 5.41) is 0. The van der Waals surface area contributed by atoms with Crippen LogP contribution in [0.1, 0.15) is 47.9 Å². The lowest BCUT2D eigenvalue weighted by atomic mass is 9.73. The van der Waals surface area contributed by atoms with Gasteiger partial charge in [-0.1, -0.05) is 36.4 Å². The number of rotatable bonds is 3. The molecule has 0 bridgehead atoms. The van der Waals surface area contributed by atoms with E-state index >= 15 is 0 Å². The van der Waals surface area contributed by atoms with E-state index in [-0.39, 0.29) is 17.4 Å². The van der Waals surface area contributed by atoms with Crippen molar-refractivity contribution >= 4 is 11.9 Å². The third-order valence-electron chi connectivity index (χ3n) is 6.21. The molecule has 5 nitrogen and oxygen atoms in total. The number of hydrogen-bond acceptors (Lipinski definition) is 4. The maximum Gasteiger partial charge on any atom is 0.416 e. The van der Waals surface area contributed by atoms with E-state index in [2.05, 4.69) is 4.99 Å². The van der Waals surface area contributed by atoms with Gasteiger partial charge in [0.15, 0.2) is 5.96 Å². The second kappa shape index (κ2) is 6.57. The fraction of sp³-hybridized carbons (Fsp3) is 0.364. The van der Waals surface area contributed by atoms with Crippen LogP contribution in [0.2, 0.25) is 0 Å². The molecule has 2 aromatic rings. The van der Waals surface area contributed by atoms with Gasteiger partial charge in [0, 0.05) is 12.6 Å². The zero-order chi connectivity index (χ0) is 21.9. The molecule has 8 heteroatoms. The predicted octanol–water partition coefficient (Wildman–Crippen LogP) is 3.44. The number of guanidine groups is 1. The predicted molar refractivity (Wildman–Crippen MR) is 107 cm³/mol. The van der Waals surface area contributed by atoms with E-state index in [1.54, 1.807) is 6.92 Å². The number of nitrogens with two attached hydrogens (primary N) is 2. The highest BCUT2D eigenvalue weighted by Gasteiger charge is 2.48. The minimum atomic E-state index is -4.45. The van der Waals surface area contributed by atoms with Gasteiger partial charge >= 0.3 is 6.18 Å². The van der Waals surface area contributed by atoms with Crippen molar-refractivity contribution < 1.29 is 18.0 Å². The second-order valence-electron chi connectivity index (χ2n) is 8.30. The fourth-order valence-corrected chi connectivity index (χ4v) is 4.05. The summed E-state index contributed by atoms with van der Waals surface area (Å²) < 4.78 is 39.0. The van der Waals surface area contributed by atoms with Gasteiger partial charge in [-0.3, -0.25) is 9.69 Å².